The van der Waals surface area contributed by atoms with Gasteiger partial charge >= 0.3 is 5.75 Å². The molecule has 0 saturated carbocycles. The first-order chi connectivity index (χ1) is 11.0. The number of halogens is 1. The molecule has 0 spiro atoms. The Hall–Kier alpha value is -0.880. The molecule has 132 valence electrons. The van der Waals surface area contributed by atoms with Gasteiger partial charge in [0.1, 0.15) is 10.2 Å². The lowest BCUT2D eigenvalue weighted by molar-refractivity contribution is -1.91. The monoisotopic (exact) mass is 345 g/mol. The minimum absolute atomic E-state index is 0.0418. The molecule has 0 N–H and O–H groups in total. The highest BCUT2D eigenvalue weighted by Crippen LogP contribution is 2.20. The normalized spacial score (nSPS) is 11.7. The van der Waals surface area contributed by atoms with E-state index in [1.54, 1.807) is 12.3 Å². The number of rotatable bonds is 13. The zero-order valence-corrected chi connectivity index (χ0v) is 14.7. The number of hydrogen-bond acceptors (Lipinski definition) is 5. The second-order valence-corrected chi connectivity index (χ2v) is 6.75. The molecule has 0 fully saturated rings. The van der Waals surface area contributed by atoms with Crippen LogP contribution in [0.5, 0.6) is 5.75 Å². The molecule has 0 unspecified atom stereocenters. The molecule has 0 aliphatic carbocycles. The fourth-order valence-corrected chi connectivity index (χ4v) is 2.91. The van der Waals surface area contributed by atoms with Crippen LogP contribution in [0.15, 0.2) is 18.3 Å². The Morgan fingerprint density at radius 2 is 1.48 bits per heavy atom. The van der Waals surface area contributed by atoms with Gasteiger partial charge in [-0.25, -0.2) is 0 Å². The molecule has 0 bridgehead atoms. The van der Waals surface area contributed by atoms with Gasteiger partial charge in [0.25, 0.3) is 0 Å². The zero-order chi connectivity index (χ0) is 17.0. The summed E-state index contributed by atoms with van der Waals surface area (Å²) in [4.78, 5) is 4.11. The molecule has 23 heavy (non-hydrogen) atoms. The van der Waals surface area contributed by atoms with Crippen molar-refractivity contribution in [2.24, 2.45) is 0 Å². The van der Waals surface area contributed by atoms with Crippen LogP contribution in [0.1, 0.15) is 76.8 Å². The average Bonchev–Trinajstić information content (AvgIpc) is 2.49. The van der Waals surface area contributed by atoms with Crippen molar-refractivity contribution in [3.05, 3.63) is 24.0 Å². The minimum Gasteiger partial charge on any atom is -0.257 e. The molecule has 0 atom stereocenters. The maximum absolute atomic E-state index is 10.7. The van der Waals surface area contributed by atoms with Crippen LogP contribution in [-0.2, 0) is 6.42 Å². The molecule has 0 radical (unpaired) electrons. The van der Waals surface area contributed by atoms with Crippen molar-refractivity contribution in [2.75, 3.05) is 0 Å². The summed E-state index contributed by atoms with van der Waals surface area (Å²) in [6.45, 7) is 2.23. The summed E-state index contributed by atoms with van der Waals surface area (Å²) >= 11 is 0. The summed E-state index contributed by atoms with van der Waals surface area (Å²) in [5.41, 5.74) is 0.527. The predicted octanol–water partition coefficient (Wildman–Crippen LogP) is 1.82. The van der Waals surface area contributed by atoms with Gasteiger partial charge in [-0.2, -0.15) is 14.0 Å². The highest BCUT2D eigenvalue weighted by atomic mass is 35.7. The number of unbranched alkanes of at least 4 members (excludes halogenated alkanes) is 9. The second-order valence-electron chi connectivity index (χ2n) is 5.84. The zero-order valence-electron chi connectivity index (χ0n) is 14.0. The van der Waals surface area contributed by atoms with Crippen LogP contribution in [0.3, 0.4) is 0 Å². The highest BCUT2D eigenvalue weighted by molar-refractivity contribution is 5.26. The van der Waals surface area contributed by atoms with E-state index in [9.17, 15) is 14.0 Å². The summed E-state index contributed by atoms with van der Waals surface area (Å²) in [6.07, 6.45) is 14.5. The summed E-state index contributed by atoms with van der Waals surface area (Å²) in [6, 6.07) is 3.01. The van der Waals surface area contributed by atoms with Gasteiger partial charge in [0.15, 0.2) is 0 Å². The van der Waals surface area contributed by atoms with Crippen LogP contribution in [0, 0.1) is 10.2 Å². The van der Waals surface area contributed by atoms with Gasteiger partial charge in [0.2, 0.25) is 0 Å². The van der Waals surface area contributed by atoms with Crippen LogP contribution in [0.4, 0.5) is 0 Å². The topological polar surface area (TPSA) is 91.3 Å². The lowest BCUT2D eigenvalue weighted by Crippen LogP contribution is -2.63. The Labute approximate surface area is 141 Å². The first-order valence-electron chi connectivity index (χ1n) is 8.57. The number of pyridine rings is 1. The average molecular weight is 346 g/mol. The molecule has 0 aliphatic rings. The minimum atomic E-state index is -4.46. The molecule has 1 heterocycles. The molecule has 1 rings (SSSR count). The fourth-order valence-electron chi connectivity index (χ4n) is 2.56. The van der Waals surface area contributed by atoms with Crippen molar-refractivity contribution in [2.45, 2.75) is 77.6 Å². The third-order valence-electron chi connectivity index (χ3n) is 3.79. The molecule has 6 heteroatoms. The lowest BCUT2D eigenvalue weighted by atomic mass is 10.0. The first-order valence-corrected chi connectivity index (χ1v) is 9.80. The Bertz CT molecular complexity index is 423. The summed E-state index contributed by atoms with van der Waals surface area (Å²) in [5.74, 6) is 0.0418. The molecule has 0 aromatic carbocycles. The van der Waals surface area contributed by atoms with Crippen molar-refractivity contribution in [1.29, 1.82) is 0 Å². The van der Waals surface area contributed by atoms with Crippen molar-refractivity contribution < 1.29 is 28.5 Å². The molecular weight excluding hydrogens is 318 g/mol. The van der Waals surface area contributed by atoms with Gasteiger partial charge in [-0.05, 0) is 18.9 Å². The predicted molar refractivity (Wildman–Crippen MR) is 80.4 cm³/mol. The van der Waals surface area contributed by atoms with Crippen LogP contribution in [0.25, 0.3) is 0 Å². The van der Waals surface area contributed by atoms with Crippen molar-refractivity contribution >= 4 is 0 Å². The molecule has 0 saturated heterocycles. The van der Waals surface area contributed by atoms with E-state index >= 15 is 0 Å². The second kappa shape index (κ2) is 11.6. The largest absolute Gasteiger partial charge is 0.309 e. The van der Waals surface area contributed by atoms with E-state index < -0.39 is 10.2 Å². The Morgan fingerprint density at radius 1 is 0.913 bits per heavy atom. The first kappa shape index (κ1) is 20.2. The molecule has 1 aromatic heterocycles. The Morgan fingerprint density at radius 3 is 2.04 bits per heavy atom. The number of aryl methyl sites for hydroxylation is 1. The van der Waals surface area contributed by atoms with E-state index in [0.29, 0.717) is 12.1 Å². The van der Waals surface area contributed by atoms with E-state index in [2.05, 4.69) is 16.2 Å². The molecule has 0 amide bonds. The van der Waals surface area contributed by atoms with Gasteiger partial charge in [-0.15, -0.1) is 0 Å². The van der Waals surface area contributed by atoms with Crippen LogP contribution >= 0.6 is 0 Å². The Balaban J connectivity index is 2.14. The van der Waals surface area contributed by atoms with Crippen LogP contribution in [-0.4, -0.2) is 4.98 Å². The molecular formula is C17H28ClNO4. The third-order valence-corrected chi connectivity index (χ3v) is 4.15. The van der Waals surface area contributed by atoms with Crippen LogP contribution in [0.2, 0.25) is 0 Å². The van der Waals surface area contributed by atoms with Gasteiger partial charge < -0.3 is 0 Å². The summed E-state index contributed by atoms with van der Waals surface area (Å²) in [5, 5.41) is 0. The summed E-state index contributed by atoms with van der Waals surface area (Å²) in [7, 11) is -4.46. The van der Waals surface area contributed by atoms with Gasteiger partial charge in [0.05, 0.1) is 5.69 Å². The highest BCUT2D eigenvalue weighted by Gasteiger charge is 2.22. The number of aromatic nitrogens is 1. The quantitative estimate of drug-likeness (QED) is 0.508. The maximum Gasteiger partial charge on any atom is 0.309 e. The van der Waals surface area contributed by atoms with Gasteiger partial charge in [-0.1, -0.05) is 69.0 Å². The number of nitrogens with zero attached hydrogens (tertiary/aromatic N) is 1. The van der Waals surface area contributed by atoms with Crippen molar-refractivity contribution in [3.63, 3.8) is 0 Å². The Kier molecular flexibility index (Phi) is 10.2. The number of hydrogen-bond donors (Lipinski definition) is 0. The van der Waals surface area contributed by atoms with E-state index in [1.165, 1.54) is 57.4 Å². The lowest BCUT2D eigenvalue weighted by Gasteiger charge is -2.13. The van der Waals surface area contributed by atoms with E-state index in [-0.39, 0.29) is 5.75 Å². The van der Waals surface area contributed by atoms with E-state index in [0.717, 1.165) is 12.8 Å². The molecule has 5 nitrogen and oxygen atoms in total. The SMILES string of the molecule is CCCCCCCCCCCCc1ncccc1O[Cl+3]([O-])([O-])[O-]. The van der Waals surface area contributed by atoms with Crippen molar-refractivity contribution in [1.82, 2.24) is 4.98 Å². The molecule has 0 aliphatic heterocycles. The standard InChI is InChI=1S/C17H28ClNO4/c1-2-3-4-5-6-7-8-9-10-11-13-16-17(14-12-15-19-16)23-18(20,21)22/h12,14-15H,2-11,13H2,1H3. The maximum atomic E-state index is 10.7. The summed E-state index contributed by atoms with van der Waals surface area (Å²) < 4.78 is 36.4. The fraction of sp³-hybridized carbons (Fsp3) is 0.706. The van der Waals surface area contributed by atoms with Gasteiger partial charge in [0, 0.05) is 12.3 Å². The van der Waals surface area contributed by atoms with Gasteiger partial charge in [-0.3, -0.25) is 4.98 Å². The third kappa shape index (κ3) is 10.5. The van der Waals surface area contributed by atoms with Crippen LogP contribution < -0.4 is 18.3 Å². The van der Waals surface area contributed by atoms with E-state index in [4.69, 9.17) is 0 Å². The van der Waals surface area contributed by atoms with Crippen molar-refractivity contribution in [3.8, 4) is 5.75 Å². The van der Waals surface area contributed by atoms with E-state index in [1.807, 2.05) is 0 Å². The smallest absolute Gasteiger partial charge is 0.257 e. The molecule has 1 aromatic rings.